The van der Waals surface area contributed by atoms with Crippen LogP contribution >= 0.6 is 23.2 Å². The highest BCUT2D eigenvalue weighted by atomic mass is 35.5. The summed E-state index contributed by atoms with van der Waals surface area (Å²) in [5.74, 6) is 0.00827. The van der Waals surface area contributed by atoms with Gasteiger partial charge >= 0.3 is 0 Å². The fraction of sp³-hybridized carbons (Fsp3) is 0.273. The number of benzene rings is 2. The van der Waals surface area contributed by atoms with Crippen molar-refractivity contribution in [3.05, 3.63) is 82.4 Å². The predicted molar refractivity (Wildman–Crippen MR) is 117 cm³/mol. The van der Waals surface area contributed by atoms with Crippen LogP contribution in [0.5, 0.6) is 5.75 Å². The molecule has 0 saturated heterocycles. The van der Waals surface area contributed by atoms with Gasteiger partial charge in [-0.1, -0.05) is 59.6 Å². The van der Waals surface area contributed by atoms with Gasteiger partial charge in [-0.15, -0.1) is 0 Å². The molecule has 0 saturated carbocycles. The number of hydrogen-bond acceptors (Lipinski definition) is 4. The van der Waals surface area contributed by atoms with Crippen LogP contribution in [-0.4, -0.2) is 28.2 Å². The number of nitrogens with two attached hydrogens (primary N) is 1. The fourth-order valence-electron chi connectivity index (χ4n) is 2.93. The first-order chi connectivity index (χ1) is 14.5. The zero-order valence-electron chi connectivity index (χ0n) is 16.3. The standard InChI is InChI=1S/C22H23Cl2N3O3/c23-18-9-4-10-20(21(18)24)29-11-5-8-17(30-14-16-6-2-1-3-7-16)12-27-13-19(22(25)28)26-15-27/h1-4,6-7,9-10,13,15,17H,5,8,11-12,14H2,(H2,25,28)/t17-/m0/s1. The van der Waals surface area contributed by atoms with E-state index in [0.717, 1.165) is 18.4 Å². The Kier molecular flexibility index (Phi) is 8.13. The van der Waals surface area contributed by atoms with Crippen LogP contribution in [0.25, 0.3) is 0 Å². The number of rotatable bonds is 11. The number of imidazole rings is 1. The number of primary amides is 1. The summed E-state index contributed by atoms with van der Waals surface area (Å²) in [6.07, 6.45) is 4.61. The molecular weight excluding hydrogens is 425 g/mol. The molecule has 3 rings (SSSR count). The van der Waals surface area contributed by atoms with Crippen LogP contribution in [0.4, 0.5) is 0 Å². The van der Waals surface area contributed by atoms with Gasteiger partial charge in [0.2, 0.25) is 0 Å². The van der Waals surface area contributed by atoms with E-state index in [1.165, 1.54) is 0 Å². The molecular formula is C22H23Cl2N3O3. The summed E-state index contributed by atoms with van der Waals surface area (Å²) in [6, 6.07) is 15.3. The highest BCUT2D eigenvalue weighted by molar-refractivity contribution is 6.42. The normalized spacial score (nSPS) is 11.9. The van der Waals surface area contributed by atoms with E-state index >= 15 is 0 Å². The van der Waals surface area contributed by atoms with Crippen molar-refractivity contribution in [2.75, 3.05) is 6.61 Å². The summed E-state index contributed by atoms with van der Waals surface area (Å²) in [4.78, 5) is 15.3. The molecule has 0 unspecified atom stereocenters. The molecule has 0 fully saturated rings. The van der Waals surface area contributed by atoms with Crippen LogP contribution in [0.15, 0.2) is 61.1 Å². The van der Waals surface area contributed by atoms with Crippen molar-refractivity contribution in [1.29, 1.82) is 0 Å². The molecule has 1 amide bonds. The number of ether oxygens (including phenoxy) is 2. The molecule has 0 aliphatic carbocycles. The predicted octanol–water partition coefficient (Wildman–Crippen LogP) is 4.73. The van der Waals surface area contributed by atoms with Crippen molar-refractivity contribution in [2.24, 2.45) is 5.73 Å². The summed E-state index contributed by atoms with van der Waals surface area (Å²) >= 11 is 12.2. The topological polar surface area (TPSA) is 79.4 Å². The molecule has 0 aliphatic heterocycles. The molecule has 158 valence electrons. The Morgan fingerprint density at radius 1 is 1.13 bits per heavy atom. The zero-order valence-corrected chi connectivity index (χ0v) is 17.9. The Bertz CT molecular complexity index is 963. The second kappa shape index (κ2) is 11.0. The van der Waals surface area contributed by atoms with E-state index in [1.807, 2.05) is 34.9 Å². The molecule has 0 bridgehead atoms. The molecule has 0 radical (unpaired) electrons. The van der Waals surface area contributed by atoms with Gasteiger partial charge < -0.3 is 19.8 Å². The second-order valence-corrected chi connectivity index (χ2v) is 7.57. The monoisotopic (exact) mass is 447 g/mol. The first kappa shape index (κ1) is 22.2. The summed E-state index contributed by atoms with van der Waals surface area (Å²) in [5.41, 5.74) is 6.61. The lowest BCUT2D eigenvalue weighted by Gasteiger charge is -2.19. The second-order valence-electron chi connectivity index (χ2n) is 6.78. The maximum Gasteiger partial charge on any atom is 0.268 e. The Morgan fingerprint density at radius 3 is 2.67 bits per heavy atom. The van der Waals surface area contributed by atoms with Gasteiger partial charge in [-0.3, -0.25) is 4.79 Å². The van der Waals surface area contributed by atoms with E-state index in [4.69, 9.17) is 38.4 Å². The number of hydrogen-bond donors (Lipinski definition) is 1. The van der Waals surface area contributed by atoms with Gasteiger partial charge in [-0.25, -0.2) is 4.98 Å². The average molecular weight is 448 g/mol. The molecule has 1 aromatic heterocycles. The van der Waals surface area contributed by atoms with Crippen molar-refractivity contribution < 1.29 is 14.3 Å². The van der Waals surface area contributed by atoms with Crippen molar-refractivity contribution in [1.82, 2.24) is 9.55 Å². The molecule has 1 heterocycles. The summed E-state index contributed by atoms with van der Waals surface area (Å²) in [5, 5.41) is 0.872. The maximum atomic E-state index is 11.3. The molecule has 6 nitrogen and oxygen atoms in total. The minimum absolute atomic E-state index is 0.0986. The van der Waals surface area contributed by atoms with Crippen LogP contribution < -0.4 is 10.5 Å². The highest BCUT2D eigenvalue weighted by Gasteiger charge is 2.13. The van der Waals surface area contributed by atoms with Crippen LogP contribution in [0.1, 0.15) is 28.9 Å². The summed E-state index contributed by atoms with van der Waals surface area (Å²) < 4.78 is 13.7. The lowest BCUT2D eigenvalue weighted by molar-refractivity contribution is 0.0203. The van der Waals surface area contributed by atoms with E-state index in [2.05, 4.69) is 4.98 Å². The summed E-state index contributed by atoms with van der Waals surface area (Å²) in [6.45, 7) is 1.51. The first-order valence-corrected chi connectivity index (χ1v) is 10.3. The Labute approximate surface area is 185 Å². The Hall–Kier alpha value is -2.54. The van der Waals surface area contributed by atoms with Crippen LogP contribution in [-0.2, 0) is 17.9 Å². The molecule has 1 atom stereocenters. The van der Waals surface area contributed by atoms with E-state index in [1.54, 1.807) is 30.7 Å². The van der Waals surface area contributed by atoms with E-state index in [9.17, 15) is 4.79 Å². The van der Waals surface area contributed by atoms with Gasteiger partial charge in [0.1, 0.15) is 16.5 Å². The third kappa shape index (κ3) is 6.49. The third-order valence-electron chi connectivity index (χ3n) is 4.47. The largest absolute Gasteiger partial charge is 0.492 e. The van der Waals surface area contributed by atoms with Gasteiger partial charge in [-0.05, 0) is 30.5 Å². The number of aromatic nitrogens is 2. The number of halogens is 2. The van der Waals surface area contributed by atoms with Crippen molar-refractivity contribution in [2.45, 2.75) is 32.1 Å². The molecule has 2 aromatic carbocycles. The van der Waals surface area contributed by atoms with Gasteiger partial charge in [0.05, 0.1) is 30.7 Å². The van der Waals surface area contributed by atoms with Crippen LogP contribution in [0.2, 0.25) is 10.0 Å². The number of nitrogens with zero attached hydrogens (tertiary/aromatic N) is 2. The smallest absolute Gasteiger partial charge is 0.268 e. The number of carbonyl (C=O) groups excluding carboxylic acids is 1. The molecule has 0 spiro atoms. The van der Waals surface area contributed by atoms with Gasteiger partial charge in [-0.2, -0.15) is 0 Å². The third-order valence-corrected chi connectivity index (χ3v) is 5.27. The number of amides is 1. The van der Waals surface area contributed by atoms with Crippen molar-refractivity contribution in [3.8, 4) is 5.75 Å². The molecule has 3 aromatic rings. The molecule has 0 aliphatic rings. The lowest BCUT2D eigenvalue weighted by Crippen LogP contribution is -2.21. The van der Waals surface area contributed by atoms with E-state index < -0.39 is 5.91 Å². The van der Waals surface area contributed by atoms with Crippen LogP contribution in [0.3, 0.4) is 0 Å². The van der Waals surface area contributed by atoms with Crippen LogP contribution in [0, 0.1) is 0 Å². The van der Waals surface area contributed by atoms with Gasteiger partial charge in [0.15, 0.2) is 0 Å². The molecule has 8 heteroatoms. The lowest BCUT2D eigenvalue weighted by atomic mass is 10.2. The quantitative estimate of drug-likeness (QED) is 0.430. The first-order valence-electron chi connectivity index (χ1n) is 9.57. The minimum Gasteiger partial charge on any atom is -0.492 e. The fourth-order valence-corrected chi connectivity index (χ4v) is 3.27. The minimum atomic E-state index is -0.553. The SMILES string of the molecule is NC(=O)c1cn(C[C@H](CCCOc2cccc(Cl)c2Cl)OCc2ccccc2)cn1. The molecule has 30 heavy (non-hydrogen) atoms. The van der Waals surface area contributed by atoms with Gasteiger partial charge in [0.25, 0.3) is 5.91 Å². The maximum absolute atomic E-state index is 11.3. The summed E-state index contributed by atoms with van der Waals surface area (Å²) in [7, 11) is 0. The average Bonchev–Trinajstić information content (AvgIpc) is 3.22. The van der Waals surface area contributed by atoms with E-state index in [-0.39, 0.29) is 11.8 Å². The number of carbonyl (C=O) groups is 1. The van der Waals surface area contributed by atoms with Crippen molar-refractivity contribution >= 4 is 29.1 Å². The van der Waals surface area contributed by atoms with E-state index in [0.29, 0.717) is 35.6 Å². The Morgan fingerprint density at radius 2 is 1.93 bits per heavy atom. The highest BCUT2D eigenvalue weighted by Crippen LogP contribution is 2.31. The van der Waals surface area contributed by atoms with Gasteiger partial charge in [0, 0.05) is 12.7 Å². The van der Waals surface area contributed by atoms with Crippen molar-refractivity contribution in [3.63, 3.8) is 0 Å². The molecule has 2 N–H and O–H groups in total. The Balaban J connectivity index is 1.56. The zero-order chi connectivity index (χ0) is 21.3.